The molecule has 100 valence electrons. The lowest BCUT2D eigenvalue weighted by Crippen LogP contribution is -2.00. The number of rotatable bonds is 6. The van der Waals surface area contributed by atoms with Gasteiger partial charge in [0.2, 0.25) is 0 Å². The van der Waals surface area contributed by atoms with E-state index in [1.54, 1.807) is 7.11 Å². The van der Waals surface area contributed by atoms with E-state index in [-0.39, 0.29) is 6.61 Å². The van der Waals surface area contributed by atoms with Crippen molar-refractivity contribution in [2.45, 2.75) is 13.0 Å². The zero-order valence-corrected chi connectivity index (χ0v) is 11.0. The molecule has 0 aliphatic carbocycles. The molecule has 0 bridgehead atoms. The number of benzene rings is 2. The van der Waals surface area contributed by atoms with Crippen LogP contribution in [-0.2, 0) is 13.0 Å². The maximum absolute atomic E-state index is 9.03. The normalized spacial score (nSPS) is 10.2. The SMILES string of the molecule is COc1cccc(COc2ccccc2CCO)c1. The van der Waals surface area contributed by atoms with Crippen LogP contribution in [0.15, 0.2) is 48.5 Å². The Morgan fingerprint density at radius 2 is 1.89 bits per heavy atom. The second-order valence-electron chi connectivity index (χ2n) is 4.22. The summed E-state index contributed by atoms with van der Waals surface area (Å²) >= 11 is 0. The number of para-hydroxylation sites is 1. The van der Waals surface area contributed by atoms with Crippen LogP contribution in [-0.4, -0.2) is 18.8 Å². The highest BCUT2D eigenvalue weighted by atomic mass is 16.5. The van der Waals surface area contributed by atoms with E-state index in [0.717, 1.165) is 22.6 Å². The molecule has 0 unspecified atom stereocenters. The molecule has 0 atom stereocenters. The van der Waals surface area contributed by atoms with Gasteiger partial charge >= 0.3 is 0 Å². The quantitative estimate of drug-likeness (QED) is 0.866. The number of aliphatic hydroxyl groups is 1. The minimum Gasteiger partial charge on any atom is -0.497 e. The van der Waals surface area contributed by atoms with Crippen LogP contribution in [0.5, 0.6) is 11.5 Å². The van der Waals surface area contributed by atoms with Crippen molar-refractivity contribution >= 4 is 0 Å². The Kier molecular flexibility index (Phi) is 4.81. The molecule has 0 heterocycles. The first-order chi connectivity index (χ1) is 9.33. The first-order valence-electron chi connectivity index (χ1n) is 6.28. The summed E-state index contributed by atoms with van der Waals surface area (Å²) in [6, 6.07) is 15.6. The van der Waals surface area contributed by atoms with E-state index in [4.69, 9.17) is 14.6 Å². The van der Waals surface area contributed by atoms with E-state index in [2.05, 4.69) is 0 Å². The summed E-state index contributed by atoms with van der Waals surface area (Å²) < 4.78 is 11.0. The fourth-order valence-electron chi connectivity index (χ4n) is 1.89. The zero-order valence-electron chi connectivity index (χ0n) is 11.0. The molecule has 0 spiro atoms. The maximum Gasteiger partial charge on any atom is 0.123 e. The van der Waals surface area contributed by atoms with Crippen LogP contribution < -0.4 is 9.47 Å². The van der Waals surface area contributed by atoms with Crippen LogP contribution in [0.3, 0.4) is 0 Å². The third kappa shape index (κ3) is 3.73. The molecule has 3 nitrogen and oxygen atoms in total. The predicted molar refractivity (Wildman–Crippen MR) is 74.6 cm³/mol. The third-order valence-corrected chi connectivity index (χ3v) is 2.88. The molecular weight excluding hydrogens is 240 g/mol. The van der Waals surface area contributed by atoms with Crippen molar-refractivity contribution in [3.05, 3.63) is 59.7 Å². The molecule has 0 fully saturated rings. The van der Waals surface area contributed by atoms with Crippen LogP contribution in [0.25, 0.3) is 0 Å². The molecule has 2 aromatic carbocycles. The smallest absolute Gasteiger partial charge is 0.123 e. The summed E-state index contributed by atoms with van der Waals surface area (Å²) in [7, 11) is 1.65. The van der Waals surface area contributed by atoms with E-state index in [1.165, 1.54) is 0 Å². The van der Waals surface area contributed by atoms with Crippen molar-refractivity contribution in [2.75, 3.05) is 13.7 Å². The van der Waals surface area contributed by atoms with Gasteiger partial charge < -0.3 is 14.6 Å². The largest absolute Gasteiger partial charge is 0.497 e. The van der Waals surface area contributed by atoms with Crippen LogP contribution in [0, 0.1) is 0 Å². The van der Waals surface area contributed by atoms with Crippen LogP contribution in [0.2, 0.25) is 0 Å². The van der Waals surface area contributed by atoms with Gasteiger partial charge in [-0.25, -0.2) is 0 Å². The monoisotopic (exact) mass is 258 g/mol. The Morgan fingerprint density at radius 3 is 2.68 bits per heavy atom. The number of hydrogen-bond donors (Lipinski definition) is 1. The van der Waals surface area contributed by atoms with Gasteiger partial charge in [0.15, 0.2) is 0 Å². The summed E-state index contributed by atoms with van der Waals surface area (Å²) in [4.78, 5) is 0. The molecule has 0 amide bonds. The first kappa shape index (κ1) is 13.4. The molecule has 2 rings (SSSR count). The van der Waals surface area contributed by atoms with E-state index in [1.807, 2.05) is 48.5 Å². The van der Waals surface area contributed by atoms with Gasteiger partial charge in [0, 0.05) is 6.61 Å². The summed E-state index contributed by atoms with van der Waals surface area (Å²) in [6.07, 6.45) is 0.605. The number of ether oxygens (including phenoxy) is 2. The standard InChI is InChI=1S/C16H18O3/c1-18-15-7-4-5-13(11-15)12-19-16-8-3-2-6-14(16)9-10-17/h2-8,11,17H,9-10,12H2,1H3. The molecule has 3 heteroatoms. The fourth-order valence-corrected chi connectivity index (χ4v) is 1.89. The van der Waals surface area contributed by atoms with E-state index >= 15 is 0 Å². The van der Waals surface area contributed by atoms with E-state index < -0.39 is 0 Å². The van der Waals surface area contributed by atoms with Crippen LogP contribution in [0.1, 0.15) is 11.1 Å². The van der Waals surface area contributed by atoms with Gasteiger partial charge in [-0.15, -0.1) is 0 Å². The fraction of sp³-hybridized carbons (Fsp3) is 0.250. The van der Waals surface area contributed by atoms with Gasteiger partial charge in [-0.1, -0.05) is 30.3 Å². The number of hydrogen-bond acceptors (Lipinski definition) is 3. The average Bonchev–Trinajstić information content (AvgIpc) is 2.47. The predicted octanol–water partition coefficient (Wildman–Crippen LogP) is 2.81. The molecule has 0 radical (unpaired) electrons. The molecule has 0 aromatic heterocycles. The van der Waals surface area contributed by atoms with Crippen molar-refractivity contribution < 1.29 is 14.6 Å². The van der Waals surface area contributed by atoms with Gasteiger partial charge in [0.25, 0.3) is 0 Å². The van der Waals surface area contributed by atoms with Crippen molar-refractivity contribution in [1.82, 2.24) is 0 Å². The number of methoxy groups -OCH3 is 1. The second kappa shape index (κ2) is 6.81. The molecule has 1 N–H and O–H groups in total. The lowest BCUT2D eigenvalue weighted by Gasteiger charge is -2.11. The van der Waals surface area contributed by atoms with Gasteiger partial charge in [-0.3, -0.25) is 0 Å². The van der Waals surface area contributed by atoms with Crippen molar-refractivity contribution in [1.29, 1.82) is 0 Å². The van der Waals surface area contributed by atoms with Gasteiger partial charge in [-0.05, 0) is 35.7 Å². The molecule has 0 aliphatic heterocycles. The van der Waals surface area contributed by atoms with Crippen LogP contribution in [0.4, 0.5) is 0 Å². The Bertz CT molecular complexity index is 523. The molecule has 0 aliphatic rings. The zero-order chi connectivity index (χ0) is 13.5. The maximum atomic E-state index is 9.03. The summed E-state index contributed by atoms with van der Waals surface area (Å²) in [5, 5.41) is 9.03. The van der Waals surface area contributed by atoms with Crippen molar-refractivity contribution in [3.8, 4) is 11.5 Å². The second-order valence-corrected chi connectivity index (χ2v) is 4.22. The average molecular weight is 258 g/mol. The van der Waals surface area contributed by atoms with E-state index in [9.17, 15) is 0 Å². The minimum atomic E-state index is 0.125. The number of aliphatic hydroxyl groups excluding tert-OH is 1. The van der Waals surface area contributed by atoms with E-state index in [0.29, 0.717) is 13.0 Å². The molecule has 0 saturated heterocycles. The molecular formula is C16H18O3. The highest BCUT2D eigenvalue weighted by Crippen LogP contribution is 2.20. The summed E-state index contributed by atoms with van der Waals surface area (Å²) in [5.74, 6) is 1.64. The summed E-state index contributed by atoms with van der Waals surface area (Å²) in [6.45, 7) is 0.610. The van der Waals surface area contributed by atoms with Crippen LogP contribution >= 0.6 is 0 Å². The first-order valence-corrected chi connectivity index (χ1v) is 6.28. The highest BCUT2D eigenvalue weighted by molar-refractivity contribution is 5.34. The van der Waals surface area contributed by atoms with Crippen molar-refractivity contribution in [2.24, 2.45) is 0 Å². The Hall–Kier alpha value is -2.00. The molecule has 0 saturated carbocycles. The summed E-state index contributed by atoms with van der Waals surface area (Å²) in [5.41, 5.74) is 2.08. The van der Waals surface area contributed by atoms with Gasteiger partial charge in [-0.2, -0.15) is 0 Å². The van der Waals surface area contributed by atoms with Gasteiger partial charge in [0.05, 0.1) is 7.11 Å². The van der Waals surface area contributed by atoms with Gasteiger partial charge in [0.1, 0.15) is 18.1 Å². The highest BCUT2D eigenvalue weighted by Gasteiger charge is 2.03. The topological polar surface area (TPSA) is 38.7 Å². The Balaban J connectivity index is 2.05. The Morgan fingerprint density at radius 1 is 1.05 bits per heavy atom. The van der Waals surface area contributed by atoms with Crippen molar-refractivity contribution in [3.63, 3.8) is 0 Å². The minimum absolute atomic E-state index is 0.125. The third-order valence-electron chi connectivity index (χ3n) is 2.88. The molecule has 2 aromatic rings. The Labute approximate surface area is 113 Å². The lowest BCUT2D eigenvalue weighted by molar-refractivity contribution is 0.283. The molecule has 19 heavy (non-hydrogen) atoms. The lowest BCUT2D eigenvalue weighted by atomic mass is 10.1.